The molecule has 0 amide bonds. The highest BCUT2D eigenvalue weighted by Gasteiger charge is 2.10. The van der Waals surface area contributed by atoms with Gasteiger partial charge in [0.2, 0.25) is 5.82 Å². The van der Waals surface area contributed by atoms with E-state index in [1.54, 1.807) is 12.3 Å². The van der Waals surface area contributed by atoms with Gasteiger partial charge in [0, 0.05) is 22.7 Å². The third-order valence-electron chi connectivity index (χ3n) is 3.55. The molecule has 0 bridgehead atoms. The van der Waals surface area contributed by atoms with Gasteiger partial charge in [-0.2, -0.15) is 4.80 Å². The molecule has 0 aliphatic carbocycles. The summed E-state index contributed by atoms with van der Waals surface area (Å²) in [5.41, 5.74) is 2.35. The second-order valence-corrected chi connectivity index (χ2v) is 5.15. The first-order chi connectivity index (χ1) is 11.3. The average Bonchev–Trinajstić information content (AvgIpc) is 3.04. The maximum absolute atomic E-state index is 13.8. The standard InChI is InChI=1S/C17H12FN5/c18-15-9-13-7-4-8-19-16(13)14(10-15)11-23-21-17(20-22-23)12-5-2-1-3-6-12/h1-10H,11H2. The van der Waals surface area contributed by atoms with E-state index in [-0.39, 0.29) is 5.82 Å². The normalized spacial score (nSPS) is 11.0. The van der Waals surface area contributed by atoms with E-state index in [2.05, 4.69) is 20.4 Å². The summed E-state index contributed by atoms with van der Waals surface area (Å²) in [5, 5.41) is 13.2. The molecule has 0 spiro atoms. The maximum atomic E-state index is 13.8. The van der Waals surface area contributed by atoms with Crippen molar-refractivity contribution in [2.45, 2.75) is 6.54 Å². The first-order valence-corrected chi connectivity index (χ1v) is 7.16. The number of hydrogen-bond acceptors (Lipinski definition) is 4. The number of benzene rings is 2. The largest absolute Gasteiger partial charge is 0.256 e. The van der Waals surface area contributed by atoms with E-state index in [1.165, 1.54) is 16.9 Å². The van der Waals surface area contributed by atoms with Gasteiger partial charge in [-0.05, 0) is 23.4 Å². The lowest BCUT2D eigenvalue weighted by atomic mass is 10.1. The zero-order chi connectivity index (χ0) is 15.6. The Morgan fingerprint density at radius 2 is 1.87 bits per heavy atom. The van der Waals surface area contributed by atoms with Crippen LogP contribution in [0.15, 0.2) is 60.8 Å². The number of tetrazole rings is 1. The predicted octanol–water partition coefficient (Wildman–Crippen LogP) is 3.08. The van der Waals surface area contributed by atoms with Crippen LogP contribution < -0.4 is 0 Å². The highest BCUT2D eigenvalue weighted by molar-refractivity contribution is 5.81. The van der Waals surface area contributed by atoms with Crippen molar-refractivity contribution in [2.24, 2.45) is 0 Å². The van der Waals surface area contributed by atoms with Gasteiger partial charge in [-0.1, -0.05) is 36.4 Å². The number of halogens is 1. The van der Waals surface area contributed by atoms with Gasteiger partial charge in [0.15, 0.2) is 0 Å². The summed E-state index contributed by atoms with van der Waals surface area (Å²) in [6, 6.07) is 16.1. The van der Waals surface area contributed by atoms with E-state index >= 15 is 0 Å². The minimum Gasteiger partial charge on any atom is -0.256 e. The molecule has 2 aromatic carbocycles. The molecule has 0 aliphatic rings. The molecule has 0 atom stereocenters. The Kier molecular flexibility index (Phi) is 3.27. The van der Waals surface area contributed by atoms with E-state index in [0.717, 1.165) is 22.0 Å². The molecule has 6 heteroatoms. The molecule has 4 rings (SSSR count). The molecule has 23 heavy (non-hydrogen) atoms. The lowest BCUT2D eigenvalue weighted by Gasteiger charge is -2.05. The second kappa shape index (κ2) is 5.57. The van der Waals surface area contributed by atoms with Gasteiger partial charge in [-0.15, -0.1) is 10.2 Å². The van der Waals surface area contributed by atoms with Crippen molar-refractivity contribution in [3.8, 4) is 11.4 Å². The zero-order valence-corrected chi connectivity index (χ0v) is 12.1. The van der Waals surface area contributed by atoms with Crippen molar-refractivity contribution in [3.05, 3.63) is 72.2 Å². The van der Waals surface area contributed by atoms with Gasteiger partial charge in [0.05, 0.1) is 12.1 Å². The smallest absolute Gasteiger partial charge is 0.204 e. The Morgan fingerprint density at radius 1 is 1.00 bits per heavy atom. The van der Waals surface area contributed by atoms with Crippen LogP contribution in [0.4, 0.5) is 4.39 Å². The van der Waals surface area contributed by atoms with Gasteiger partial charge in [-0.3, -0.25) is 4.98 Å². The van der Waals surface area contributed by atoms with E-state index in [1.807, 2.05) is 36.4 Å². The Bertz CT molecular complexity index is 965. The van der Waals surface area contributed by atoms with Crippen LogP contribution in [0.5, 0.6) is 0 Å². The van der Waals surface area contributed by atoms with Crippen LogP contribution in [0, 0.1) is 5.82 Å². The number of aromatic nitrogens is 5. The molecule has 0 fully saturated rings. The molecule has 0 saturated heterocycles. The molecule has 112 valence electrons. The van der Waals surface area contributed by atoms with Crippen LogP contribution in [-0.4, -0.2) is 25.2 Å². The van der Waals surface area contributed by atoms with Gasteiger partial charge >= 0.3 is 0 Å². The Balaban J connectivity index is 1.70. The minimum absolute atomic E-state index is 0.302. The molecule has 0 unspecified atom stereocenters. The topological polar surface area (TPSA) is 56.5 Å². The molecule has 0 N–H and O–H groups in total. The van der Waals surface area contributed by atoms with Crippen LogP contribution in [0.1, 0.15) is 5.56 Å². The van der Waals surface area contributed by atoms with E-state index in [9.17, 15) is 4.39 Å². The van der Waals surface area contributed by atoms with E-state index in [0.29, 0.717) is 12.4 Å². The van der Waals surface area contributed by atoms with Crippen molar-refractivity contribution in [1.29, 1.82) is 0 Å². The fourth-order valence-electron chi connectivity index (χ4n) is 2.51. The average molecular weight is 305 g/mol. The van der Waals surface area contributed by atoms with Gasteiger partial charge in [0.1, 0.15) is 5.82 Å². The Morgan fingerprint density at radius 3 is 2.74 bits per heavy atom. The molecule has 2 aromatic heterocycles. The van der Waals surface area contributed by atoms with Crippen molar-refractivity contribution in [2.75, 3.05) is 0 Å². The molecule has 4 aromatic rings. The number of fused-ring (bicyclic) bond motifs is 1. The van der Waals surface area contributed by atoms with Crippen molar-refractivity contribution in [1.82, 2.24) is 25.2 Å². The molecular weight excluding hydrogens is 293 g/mol. The van der Waals surface area contributed by atoms with Crippen molar-refractivity contribution >= 4 is 10.9 Å². The van der Waals surface area contributed by atoms with E-state index < -0.39 is 0 Å². The van der Waals surface area contributed by atoms with Crippen LogP contribution in [0.3, 0.4) is 0 Å². The van der Waals surface area contributed by atoms with Crippen LogP contribution >= 0.6 is 0 Å². The van der Waals surface area contributed by atoms with Crippen molar-refractivity contribution < 1.29 is 4.39 Å². The van der Waals surface area contributed by atoms with Crippen LogP contribution in [0.2, 0.25) is 0 Å². The number of hydrogen-bond donors (Lipinski definition) is 0. The Labute approximate surface area is 131 Å². The summed E-state index contributed by atoms with van der Waals surface area (Å²) in [6.07, 6.45) is 1.69. The van der Waals surface area contributed by atoms with Crippen LogP contribution in [-0.2, 0) is 6.54 Å². The fourth-order valence-corrected chi connectivity index (χ4v) is 2.51. The summed E-state index contributed by atoms with van der Waals surface area (Å²) in [7, 11) is 0. The summed E-state index contributed by atoms with van der Waals surface area (Å²) < 4.78 is 13.8. The summed E-state index contributed by atoms with van der Waals surface area (Å²) in [5.74, 6) is 0.239. The summed E-state index contributed by atoms with van der Waals surface area (Å²) in [6.45, 7) is 0.311. The fraction of sp³-hybridized carbons (Fsp3) is 0.0588. The summed E-state index contributed by atoms with van der Waals surface area (Å²) >= 11 is 0. The van der Waals surface area contributed by atoms with E-state index in [4.69, 9.17) is 0 Å². The minimum atomic E-state index is -0.302. The third kappa shape index (κ3) is 2.66. The number of pyridine rings is 1. The maximum Gasteiger partial charge on any atom is 0.204 e. The molecule has 0 aliphatic heterocycles. The zero-order valence-electron chi connectivity index (χ0n) is 12.1. The lowest BCUT2D eigenvalue weighted by Crippen LogP contribution is -2.05. The first-order valence-electron chi connectivity index (χ1n) is 7.16. The SMILES string of the molecule is Fc1cc(Cn2nnc(-c3ccccc3)n2)c2ncccc2c1. The first kappa shape index (κ1) is 13.5. The molecular formula is C17H12FN5. The second-order valence-electron chi connectivity index (χ2n) is 5.15. The predicted molar refractivity (Wildman–Crippen MR) is 84.1 cm³/mol. The van der Waals surface area contributed by atoms with Gasteiger partial charge < -0.3 is 0 Å². The molecule has 0 saturated carbocycles. The van der Waals surface area contributed by atoms with Crippen molar-refractivity contribution in [3.63, 3.8) is 0 Å². The monoisotopic (exact) mass is 305 g/mol. The molecule has 2 heterocycles. The number of nitrogens with zero attached hydrogens (tertiary/aromatic N) is 5. The molecule has 5 nitrogen and oxygen atoms in total. The van der Waals surface area contributed by atoms with Gasteiger partial charge in [-0.25, -0.2) is 4.39 Å². The highest BCUT2D eigenvalue weighted by atomic mass is 19.1. The lowest BCUT2D eigenvalue weighted by molar-refractivity contribution is 0.569. The quantitative estimate of drug-likeness (QED) is 0.583. The highest BCUT2D eigenvalue weighted by Crippen LogP contribution is 2.19. The number of rotatable bonds is 3. The van der Waals surface area contributed by atoms with Gasteiger partial charge in [0.25, 0.3) is 0 Å². The Hall–Kier alpha value is -3.15. The summed E-state index contributed by atoms with van der Waals surface area (Å²) in [4.78, 5) is 5.78. The van der Waals surface area contributed by atoms with Crippen LogP contribution in [0.25, 0.3) is 22.3 Å². The third-order valence-corrected chi connectivity index (χ3v) is 3.55. The molecule has 0 radical (unpaired) electrons.